The predicted octanol–water partition coefficient (Wildman–Crippen LogP) is 0.972. The van der Waals surface area contributed by atoms with Gasteiger partial charge in [-0.05, 0) is 57.7 Å². The Morgan fingerprint density at radius 1 is 1.35 bits per heavy atom. The van der Waals surface area contributed by atoms with Gasteiger partial charge in [-0.2, -0.15) is 0 Å². The third-order valence-corrected chi connectivity index (χ3v) is 2.63. The summed E-state index contributed by atoms with van der Waals surface area (Å²) in [6.07, 6.45) is 4.26. The first kappa shape index (κ1) is 14.1. The first-order chi connectivity index (χ1) is 8.22. The third kappa shape index (κ3) is 6.36. The van der Waals surface area contributed by atoms with Crippen LogP contribution in [0.2, 0.25) is 0 Å². The number of hydrogen-bond acceptors (Lipinski definition) is 4. The molecule has 0 aliphatic heterocycles. The number of aromatic nitrogens is 1. The minimum Gasteiger partial charge on any atom is -0.326 e. The summed E-state index contributed by atoms with van der Waals surface area (Å²) < 4.78 is 0. The lowest BCUT2D eigenvalue weighted by molar-refractivity contribution is 0.391. The van der Waals surface area contributed by atoms with Crippen LogP contribution in [0, 0.1) is 0 Å². The van der Waals surface area contributed by atoms with E-state index in [1.54, 1.807) is 0 Å². The smallest absolute Gasteiger partial charge is 0.0544 e. The highest BCUT2D eigenvalue weighted by molar-refractivity contribution is 5.15. The van der Waals surface area contributed by atoms with E-state index in [-0.39, 0.29) is 0 Å². The molecule has 0 spiro atoms. The number of rotatable bonds is 8. The van der Waals surface area contributed by atoms with Gasteiger partial charge < -0.3 is 16.0 Å². The molecule has 4 nitrogen and oxygen atoms in total. The number of nitrogens with zero attached hydrogens (tertiary/aromatic N) is 2. The number of nitrogens with one attached hydrogen (secondary N) is 1. The molecule has 1 heterocycles. The summed E-state index contributed by atoms with van der Waals surface area (Å²) in [5, 5.41) is 3.40. The Bertz CT molecular complexity index is 312. The van der Waals surface area contributed by atoms with E-state index in [1.807, 2.05) is 12.3 Å². The monoisotopic (exact) mass is 236 g/mol. The maximum absolute atomic E-state index is 5.59. The summed E-state index contributed by atoms with van der Waals surface area (Å²) in [6, 6.07) is 4.02. The van der Waals surface area contributed by atoms with Crippen LogP contribution in [0.1, 0.15) is 24.1 Å². The first-order valence-corrected chi connectivity index (χ1v) is 6.21. The van der Waals surface area contributed by atoms with Crippen LogP contribution in [0.25, 0.3) is 0 Å². The molecular formula is C13H24N4. The van der Waals surface area contributed by atoms with Crippen LogP contribution in [-0.2, 0) is 13.1 Å². The van der Waals surface area contributed by atoms with E-state index >= 15 is 0 Å². The Kier molecular flexibility index (Phi) is 6.77. The zero-order valence-electron chi connectivity index (χ0n) is 10.9. The van der Waals surface area contributed by atoms with Gasteiger partial charge in [0, 0.05) is 19.3 Å². The molecule has 0 saturated carbocycles. The highest BCUT2D eigenvalue weighted by atomic mass is 15.0. The molecule has 0 atom stereocenters. The van der Waals surface area contributed by atoms with E-state index < -0.39 is 0 Å². The van der Waals surface area contributed by atoms with E-state index in [0.29, 0.717) is 6.54 Å². The molecule has 0 amide bonds. The fourth-order valence-corrected chi connectivity index (χ4v) is 1.65. The van der Waals surface area contributed by atoms with Crippen molar-refractivity contribution in [2.45, 2.75) is 25.9 Å². The third-order valence-electron chi connectivity index (χ3n) is 2.63. The summed E-state index contributed by atoms with van der Waals surface area (Å²) in [4.78, 5) is 6.52. The van der Waals surface area contributed by atoms with Gasteiger partial charge >= 0.3 is 0 Å². The second-order valence-corrected chi connectivity index (χ2v) is 4.55. The SMILES string of the molecule is CN(C)CCCCNCc1cc(CN)ccn1. The quantitative estimate of drug-likeness (QED) is 0.660. The first-order valence-electron chi connectivity index (χ1n) is 6.21. The van der Waals surface area contributed by atoms with Crippen molar-refractivity contribution in [1.82, 2.24) is 15.2 Å². The summed E-state index contributed by atoms with van der Waals surface area (Å²) >= 11 is 0. The highest BCUT2D eigenvalue weighted by Crippen LogP contribution is 2.00. The molecule has 0 radical (unpaired) electrons. The van der Waals surface area contributed by atoms with Crippen molar-refractivity contribution in [3.05, 3.63) is 29.6 Å². The maximum atomic E-state index is 5.59. The number of nitrogens with two attached hydrogens (primary N) is 1. The van der Waals surface area contributed by atoms with Gasteiger partial charge in [0.15, 0.2) is 0 Å². The Morgan fingerprint density at radius 3 is 2.88 bits per heavy atom. The van der Waals surface area contributed by atoms with Crippen LogP contribution in [0.3, 0.4) is 0 Å². The largest absolute Gasteiger partial charge is 0.326 e. The van der Waals surface area contributed by atoms with E-state index in [1.165, 1.54) is 12.8 Å². The normalized spacial score (nSPS) is 11.1. The van der Waals surface area contributed by atoms with Gasteiger partial charge in [-0.3, -0.25) is 4.98 Å². The molecule has 0 unspecified atom stereocenters. The Hall–Kier alpha value is -0.970. The lowest BCUT2D eigenvalue weighted by atomic mass is 10.2. The maximum Gasteiger partial charge on any atom is 0.0544 e. The van der Waals surface area contributed by atoms with Crippen molar-refractivity contribution in [2.75, 3.05) is 27.2 Å². The second kappa shape index (κ2) is 8.17. The molecule has 1 rings (SSSR count). The summed E-state index contributed by atoms with van der Waals surface area (Å²) in [5.41, 5.74) is 7.80. The molecular weight excluding hydrogens is 212 g/mol. The van der Waals surface area contributed by atoms with Gasteiger partial charge in [-0.25, -0.2) is 0 Å². The Morgan fingerprint density at radius 2 is 2.18 bits per heavy atom. The zero-order valence-corrected chi connectivity index (χ0v) is 10.9. The molecule has 17 heavy (non-hydrogen) atoms. The minimum absolute atomic E-state index is 0.582. The Labute approximate surface area is 104 Å². The van der Waals surface area contributed by atoms with E-state index in [4.69, 9.17) is 5.73 Å². The molecule has 0 bridgehead atoms. The van der Waals surface area contributed by atoms with Crippen LogP contribution in [0.4, 0.5) is 0 Å². The van der Waals surface area contributed by atoms with Gasteiger partial charge in [0.05, 0.1) is 5.69 Å². The topological polar surface area (TPSA) is 54.2 Å². The van der Waals surface area contributed by atoms with Gasteiger partial charge in [0.25, 0.3) is 0 Å². The number of unbranched alkanes of at least 4 members (excludes halogenated alkanes) is 1. The minimum atomic E-state index is 0.582. The summed E-state index contributed by atoms with van der Waals surface area (Å²) in [6.45, 7) is 3.61. The van der Waals surface area contributed by atoms with Crippen LogP contribution >= 0.6 is 0 Å². The summed E-state index contributed by atoms with van der Waals surface area (Å²) in [5.74, 6) is 0. The van der Waals surface area contributed by atoms with Crippen LogP contribution < -0.4 is 11.1 Å². The molecule has 0 aromatic carbocycles. The zero-order chi connectivity index (χ0) is 12.5. The average molecular weight is 236 g/mol. The molecule has 1 aromatic rings. The van der Waals surface area contributed by atoms with E-state index in [0.717, 1.165) is 30.9 Å². The molecule has 0 aliphatic rings. The van der Waals surface area contributed by atoms with Crippen molar-refractivity contribution >= 4 is 0 Å². The molecule has 4 heteroatoms. The molecule has 0 fully saturated rings. The average Bonchev–Trinajstić information content (AvgIpc) is 2.33. The lowest BCUT2D eigenvalue weighted by Crippen LogP contribution is -2.18. The van der Waals surface area contributed by atoms with Crippen molar-refractivity contribution in [2.24, 2.45) is 5.73 Å². The van der Waals surface area contributed by atoms with Crippen molar-refractivity contribution < 1.29 is 0 Å². The second-order valence-electron chi connectivity index (χ2n) is 4.55. The standard InChI is InChI=1S/C13H24N4/c1-17(2)8-4-3-6-15-11-13-9-12(10-14)5-7-16-13/h5,7,9,15H,3-4,6,8,10-11,14H2,1-2H3. The molecule has 3 N–H and O–H groups in total. The van der Waals surface area contributed by atoms with Crippen molar-refractivity contribution in [3.8, 4) is 0 Å². The van der Waals surface area contributed by atoms with Crippen LogP contribution in [-0.4, -0.2) is 37.1 Å². The number of hydrogen-bond donors (Lipinski definition) is 2. The molecule has 1 aromatic heterocycles. The van der Waals surface area contributed by atoms with Crippen LogP contribution in [0.5, 0.6) is 0 Å². The lowest BCUT2D eigenvalue weighted by Gasteiger charge is -2.09. The van der Waals surface area contributed by atoms with Gasteiger partial charge in [-0.15, -0.1) is 0 Å². The fraction of sp³-hybridized carbons (Fsp3) is 0.615. The molecule has 96 valence electrons. The van der Waals surface area contributed by atoms with E-state index in [9.17, 15) is 0 Å². The Balaban J connectivity index is 2.13. The van der Waals surface area contributed by atoms with E-state index in [2.05, 4.69) is 35.4 Å². The predicted molar refractivity (Wildman–Crippen MR) is 71.6 cm³/mol. The molecule has 0 aliphatic carbocycles. The highest BCUT2D eigenvalue weighted by Gasteiger charge is 1.96. The van der Waals surface area contributed by atoms with Crippen molar-refractivity contribution in [3.63, 3.8) is 0 Å². The summed E-state index contributed by atoms with van der Waals surface area (Å²) in [7, 11) is 4.21. The number of pyridine rings is 1. The van der Waals surface area contributed by atoms with Gasteiger partial charge in [0.1, 0.15) is 0 Å². The van der Waals surface area contributed by atoms with Gasteiger partial charge in [-0.1, -0.05) is 0 Å². The van der Waals surface area contributed by atoms with Gasteiger partial charge in [0.2, 0.25) is 0 Å². The molecule has 0 saturated heterocycles. The fourth-order valence-electron chi connectivity index (χ4n) is 1.65. The van der Waals surface area contributed by atoms with Crippen LogP contribution in [0.15, 0.2) is 18.3 Å². The van der Waals surface area contributed by atoms with Crippen molar-refractivity contribution in [1.29, 1.82) is 0 Å².